The van der Waals surface area contributed by atoms with Gasteiger partial charge in [-0.15, -0.1) is 5.10 Å². The van der Waals surface area contributed by atoms with E-state index in [1.807, 2.05) is 29.2 Å². The van der Waals surface area contributed by atoms with Crippen molar-refractivity contribution in [3.8, 4) is 0 Å². The van der Waals surface area contributed by atoms with Crippen LogP contribution in [0.5, 0.6) is 0 Å². The fourth-order valence-corrected chi connectivity index (χ4v) is 3.89. The Morgan fingerprint density at radius 1 is 1.21 bits per heavy atom. The van der Waals surface area contributed by atoms with Crippen molar-refractivity contribution in [3.05, 3.63) is 48.2 Å². The number of fused-ring (bicyclic) bond motifs is 1. The molecular formula is C19H22N4O. The lowest BCUT2D eigenvalue weighted by Crippen LogP contribution is -2.49. The van der Waals surface area contributed by atoms with Crippen molar-refractivity contribution >= 4 is 17.4 Å². The number of nitrogens with zero attached hydrogens (tertiary/aromatic N) is 4. The van der Waals surface area contributed by atoms with Gasteiger partial charge in [0.05, 0.1) is 0 Å². The van der Waals surface area contributed by atoms with E-state index in [1.165, 1.54) is 12.0 Å². The summed E-state index contributed by atoms with van der Waals surface area (Å²) in [6.07, 6.45) is 4.70. The maximum absolute atomic E-state index is 13.2. The molecule has 5 heteroatoms. The second-order valence-electron chi connectivity index (χ2n) is 6.83. The standard InChI is InChI=1S/C19H22N4O/c1-14-6-5-11-22(13-14)19(24)17-12-15-7-2-3-8-16(15)23(17)18-9-4-10-20-21-18/h2-4,7-10,14,17H,5-6,11-13H2,1H3/t14-,17-/m0/s1. The molecule has 1 aromatic heterocycles. The van der Waals surface area contributed by atoms with Crippen LogP contribution in [0.2, 0.25) is 0 Å². The molecule has 0 unspecified atom stereocenters. The van der Waals surface area contributed by atoms with Crippen LogP contribution in [-0.4, -0.2) is 40.1 Å². The normalized spacial score (nSPS) is 23.2. The van der Waals surface area contributed by atoms with Crippen LogP contribution in [-0.2, 0) is 11.2 Å². The van der Waals surface area contributed by atoms with Gasteiger partial charge in [-0.05, 0) is 42.5 Å². The van der Waals surface area contributed by atoms with E-state index in [1.54, 1.807) is 6.20 Å². The molecular weight excluding hydrogens is 300 g/mol. The molecule has 2 aromatic rings. The number of rotatable bonds is 2. The summed E-state index contributed by atoms with van der Waals surface area (Å²) in [6.45, 7) is 3.95. The Kier molecular flexibility index (Phi) is 3.92. The molecule has 2 aliphatic heterocycles. The predicted molar refractivity (Wildman–Crippen MR) is 93.1 cm³/mol. The summed E-state index contributed by atoms with van der Waals surface area (Å²) in [5.41, 5.74) is 2.27. The minimum Gasteiger partial charge on any atom is -0.341 e. The maximum Gasteiger partial charge on any atom is 0.246 e. The maximum atomic E-state index is 13.2. The first-order chi connectivity index (χ1) is 11.7. The molecule has 0 bridgehead atoms. The number of carbonyl (C=O) groups excluding carboxylic acids is 1. The van der Waals surface area contributed by atoms with Crippen LogP contribution in [0.15, 0.2) is 42.6 Å². The number of likely N-dealkylation sites (tertiary alicyclic amines) is 1. The van der Waals surface area contributed by atoms with Crippen LogP contribution in [0.3, 0.4) is 0 Å². The zero-order chi connectivity index (χ0) is 16.5. The Hall–Kier alpha value is -2.43. The summed E-state index contributed by atoms with van der Waals surface area (Å²) in [5.74, 6) is 1.53. The van der Waals surface area contributed by atoms with Gasteiger partial charge in [0.1, 0.15) is 6.04 Å². The molecule has 0 aliphatic carbocycles. The molecule has 0 N–H and O–H groups in total. The molecule has 0 spiro atoms. The lowest BCUT2D eigenvalue weighted by Gasteiger charge is -2.35. The average molecular weight is 322 g/mol. The lowest BCUT2D eigenvalue weighted by molar-refractivity contribution is -0.134. The van der Waals surface area contributed by atoms with Crippen molar-refractivity contribution in [2.24, 2.45) is 5.92 Å². The lowest BCUT2D eigenvalue weighted by atomic mass is 9.99. The van der Waals surface area contributed by atoms with E-state index in [9.17, 15) is 4.79 Å². The van der Waals surface area contributed by atoms with E-state index in [-0.39, 0.29) is 11.9 Å². The van der Waals surface area contributed by atoms with E-state index in [2.05, 4.69) is 34.2 Å². The summed E-state index contributed by atoms with van der Waals surface area (Å²) in [5, 5.41) is 8.26. The fourth-order valence-electron chi connectivity index (χ4n) is 3.89. The van der Waals surface area contributed by atoms with Crippen molar-refractivity contribution in [2.45, 2.75) is 32.2 Å². The number of hydrogen-bond acceptors (Lipinski definition) is 4. The van der Waals surface area contributed by atoms with E-state index in [0.29, 0.717) is 5.92 Å². The molecule has 3 heterocycles. The molecule has 4 rings (SSSR count). The van der Waals surface area contributed by atoms with E-state index in [4.69, 9.17) is 0 Å². The Morgan fingerprint density at radius 2 is 2.08 bits per heavy atom. The molecule has 1 saturated heterocycles. The first-order valence-electron chi connectivity index (χ1n) is 8.67. The first-order valence-corrected chi connectivity index (χ1v) is 8.67. The topological polar surface area (TPSA) is 49.3 Å². The number of para-hydroxylation sites is 1. The quantitative estimate of drug-likeness (QED) is 0.853. The average Bonchev–Trinajstić information content (AvgIpc) is 3.01. The Labute approximate surface area is 142 Å². The van der Waals surface area contributed by atoms with Crippen molar-refractivity contribution in [2.75, 3.05) is 18.0 Å². The minimum atomic E-state index is -0.218. The van der Waals surface area contributed by atoms with Gasteiger partial charge >= 0.3 is 0 Å². The molecule has 0 radical (unpaired) electrons. The molecule has 2 atom stereocenters. The Morgan fingerprint density at radius 3 is 2.88 bits per heavy atom. The van der Waals surface area contributed by atoms with Crippen molar-refractivity contribution in [3.63, 3.8) is 0 Å². The predicted octanol–water partition coefficient (Wildman–Crippen LogP) is 2.80. The van der Waals surface area contributed by atoms with Gasteiger partial charge in [0.15, 0.2) is 5.82 Å². The zero-order valence-corrected chi connectivity index (χ0v) is 13.9. The minimum absolute atomic E-state index is 0.211. The van der Waals surface area contributed by atoms with E-state index < -0.39 is 0 Å². The highest BCUT2D eigenvalue weighted by atomic mass is 16.2. The fraction of sp³-hybridized carbons (Fsp3) is 0.421. The van der Waals surface area contributed by atoms with Crippen LogP contribution < -0.4 is 4.90 Å². The van der Waals surface area contributed by atoms with Crippen LogP contribution in [0, 0.1) is 5.92 Å². The van der Waals surface area contributed by atoms with Crippen LogP contribution in [0.25, 0.3) is 0 Å². The summed E-state index contributed by atoms with van der Waals surface area (Å²) < 4.78 is 0. The third-order valence-electron chi connectivity index (χ3n) is 5.03. The largest absolute Gasteiger partial charge is 0.341 e. The number of anilines is 2. The molecule has 1 amide bonds. The van der Waals surface area contributed by atoms with Crippen LogP contribution in [0.4, 0.5) is 11.5 Å². The smallest absolute Gasteiger partial charge is 0.246 e. The van der Waals surface area contributed by atoms with Gasteiger partial charge < -0.3 is 9.80 Å². The first kappa shape index (κ1) is 15.1. The van der Waals surface area contributed by atoms with Gasteiger partial charge in [0, 0.05) is 31.4 Å². The monoisotopic (exact) mass is 322 g/mol. The molecule has 124 valence electrons. The summed E-state index contributed by atoms with van der Waals surface area (Å²) in [7, 11) is 0. The van der Waals surface area contributed by atoms with Gasteiger partial charge in [-0.25, -0.2) is 0 Å². The van der Waals surface area contributed by atoms with Crippen LogP contribution >= 0.6 is 0 Å². The van der Waals surface area contributed by atoms with Gasteiger partial charge in [-0.2, -0.15) is 5.10 Å². The summed E-state index contributed by atoms with van der Waals surface area (Å²) in [6, 6.07) is 11.8. The SMILES string of the molecule is C[C@H]1CCCN(C(=O)[C@@H]2Cc3ccccc3N2c2cccnn2)C1. The van der Waals surface area contributed by atoms with E-state index in [0.717, 1.165) is 37.4 Å². The van der Waals surface area contributed by atoms with Gasteiger partial charge in [0.25, 0.3) is 0 Å². The molecule has 1 fully saturated rings. The molecule has 2 aliphatic rings. The highest BCUT2D eigenvalue weighted by Crippen LogP contribution is 2.38. The molecule has 5 nitrogen and oxygen atoms in total. The summed E-state index contributed by atoms with van der Waals surface area (Å²) in [4.78, 5) is 17.3. The zero-order valence-electron chi connectivity index (χ0n) is 13.9. The molecule has 24 heavy (non-hydrogen) atoms. The number of amides is 1. The number of piperidine rings is 1. The third-order valence-corrected chi connectivity index (χ3v) is 5.03. The molecule has 0 saturated carbocycles. The van der Waals surface area contributed by atoms with Gasteiger partial charge in [-0.3, -0.25) is 4.79 Å². The van der Waals surface area contributed by atoms with Crippen molar-refractivity contribution < 1.29 is 4.79 Å². The van der Waals surface area contributed by atoms with Gasteiger partial charge in [-0.1, -0.05) is 25.1 Å². The van der Waals surface area contributed by atoms with Crippen molar-refractivity contribution in [1.29, 1.82) is 0 Å². The van der Waals surface area contributed by atoms with Crippen LogP contribution in [0.1, 0.15) is 25.3 Å². The number of hydrogen-bond donors (Lipinski definition) is 0. The van der Waals surface area contributed by atoms with Crippen molar-refractivity contribution in [1.82, 2.24) is 15.1 Å². The number of aromatic nitrogens is 2. The number of carbonyl (C=O) groups is 1. The second-order valence-corrected chi connectivity index (χ2v) is 6.83. The second kappa shape index (κ2) is 6.23. The Balaban J connectivity index is 1.68. The number of benzene rings is 1. The third kappa shape index (κ3) is 2.64. The highest BCUT2D eigenvalue weighted by Gasteiger charge is 2.39. The molecule has 1 aromatic carbocycles. The highest BCUT2D eigenvalue weighted by molar-refractivity contribution is 5.91. The van der Waals surface area contributed by atoms with E-state index >= 15 is 0 Å². The Bertz CT molecular complexity index is 733. The summed E-state index contributed by atoms with van der Waals surface area (Å²) >= 11 is 0. The van der Waals surface area contributed by atoms with Gasteiger partial charge in [0.2, 0.25) is 5.91 Å².